The predicted molar refractivity (Wildman–Crippen MR) is 87.1 cm³/mol. The second-order valence-corrected chi connectivity index (χ2v) is 5.87. The number of nitrogens with zero attached hydrogens (tertiary/aromatic N) is 1. The second kappa shape index (κ2) is 8.18. The van der Waals surface area contributed by atoms with Crippen LogP contribution in [0.15, 0.2) is 30.3 Å². The fraction of sp³-hybridized carbons (Fsp3) is 0.611. The maximum Gasteiger partial charge on any atom is 0.223 e. The summed E-state index contributed by atoms with van der Waals surface area (Å²) in [5.74, 6) is 0.499. The quantitative estimate of drug-likeness (QED) is 0.834. The minimum Gasteiger partial charge on any atom is -0.354 e. The van der Waals surface area contributed by atoms with Gasteiger partial charge in [0.15, 0.2) is 0 Å². The van der Waals surface area contributed by atoms with Crippen molar-refractivity contribution in [2.24, 2.45) is 5.92 Å². The molecule has 0 aliphatic heterocycles. The fourth-order valence-electron chi connectivity index (χ4n) is 3.33. The third kappa shape index (κ3) is 4.31. The van der Waals surface area contributed by atoms with Crippen LogP contribution in [0.25, 0.3) is 0 Å². The second-order valence-electron chi connectivity index (χ2n) is 5.87. The van der Waals surface area contributed by atoms with E-state index in [0.29, 0.717) is 6.54 Å². The lowest BCUT2D eigenvalue weighted by atomic mass is 10.0. The van der Waals surface area contributed by atoms with Gasteiger partial charge in [-0.1, -0.05) is 57.0 Å². The van der Waals surface area contributed by atoms with Gasteiger partial charge in [-0.25, -0.2) is 0 Å². The molecule has 1 unspecified atom stereocenters. The monoisotopic (exact) mass is 288 g/mol. The van der Waals surface area contributed by atoms with Crippen molar-refractivity contribution in [3.63, 3.8) is 0 Å². The van der Waals surface area contributed by atoms with Gasteiger partial charge in [0, 0.05) is 12.5 Å². The standard InChI is InChI=1S/C18H28N2O/c1-3-20(4-2)17(15-10-6-5-7-11-15)14-19-18(21)16-12-8-9-13-16/h5-7,10-11,16-17H,3-4,8-9,12-14H2,1-2H3,(H,19,21). The van der Waals surface area contributed by atoms with Crippen LogP contribution >= 0.6 is 0 Å². The van der Waals surface area contributed by atoms with E-state index in [9.17, 15) is 4.79 Å². The Hall–Kier alpha value is -1.35. The molecular formula is C18H28N2O. The molecule has 1 aliphatic carbocycles. The third-order valence-electron chi connectivity index (χ3n) is 4.63. The molecule has 3 nitrogen and oxygen atoms in total. The third-order valence-corrected chi connectivity index (χ3v) is 4.63. The Morgan fingerprint density at radius 3 is 2.38 bits per heavy atom. The van der Waals surface area contributed by atoms with Crippen LogP contribution in [0.4, 0.5) is 0 Å². The molecular weight excluding hydrogens is 260 g/mol. The lowest BCUT2D eigenvalue weighted by molar-refractivity contribution is -0.125. The van der Waals surface area contributed by atoms with E-state index in [2.05, 4.69) is 48.3 Å². The minimum absolute atomic E-state index is 0.248. The van der Waals surface area contributed by atoms with Gasteiger partial charge in [0.05, 0.1) is 6.04 Å². The molecule has 3 heteroatoms. The smallest absolute Gasteiger partial charge is 0.223 e. The van der Waals surface area contributed by atoms with Gasteiger partial charge in [-0.2, -0.15) is 0 Å². The van der Waals surface area contributed by atoms with Crippen molar-refractivity contribution in [2.75, 3.05) is 19.6 Å². The van der Waals surface area contributed by atoms with E-state index in [0.717, 1.165) is 25.9 Å². The highest BCUT2D eigenvalue weighted by Gasteiger charge is 2.24. The molecule has 0 saturated heterocycles. The number of nitrogens with one attached hydrogen (secondary N) is 1. The van der Waals surface area contributed by atoms with Gasteiger partial charge in [-0.05, 0) is 31.5 Å². The Bertz CT molecular complexity index is 422. The van der Waals surface area contributed by atoms with E-state index >= 15 is 0 Å². The summed E-state index contributed by atoms with van der Waals surface area (Å²) in [6, 6.07) is 10.8. The molecule has 1 saturated carbocycles. The van der Waals surface area contributed by atoms with E-state index in [1.807, 2.05) is 6.07 Å². The first-order chi connectivity index (χ1) is 10.3. The van der Waals surface area contributed by atoms with Crippen molar-refractivity contribution >= 4 is 5.91 Å². The zero-order valence-corrected chi connectivity index (χ0v) is 13.3. The molecule has 1 aromatic rings. The molecule has 1 N–H and O–H groups in total. The molecule has 1 amide bonds. The number of likely N-dealkylation sites (N-methyl/N-ethyl adjacent to an activating group) is 1. The Labute approximate surface area is 128 Å². The van der Waals surface area contributed by atoms with Crippen LogP contribution in [-0.2, 0) is 4.79 Å². The molecule has 0 aromatic heterocycles. The van der Waals surface area contributed by atoms with Gasteiger partial charge in [0.25, 0.3) is 0 Å². The van der Waals surface area contributed by atoms with E-state index in [-0.39, 0.29) is 17.9 Å². The van der Waals surface area contributed by atoms with Crippen molar-refractivity contribution in [3.05, 3.63) is 35.9 Å². The van der Waals surface area contributed by atoms with Crippen molar-refractivity contribution < 1.29 is 4.79 Å². The van der Waals surface area contributed by atoms with Crippen LogP contribution in [0.1, 0.15) is 51.1 Å². The van der Waals surface area contributed by atoms with Crippen LogP contribution in [0.2, 0.25) is 0 Å². The molecule has 1 aliphatic rings. The minimum atomic E-state index is 0.248. The highest BCUT2D eigenvalue weighted by Crippen LogP contribution is 2.25. The van der Waals surface area contributed by atoms with Gasteiger partial charge >= 0.3 is 0 Å². The van der Waals surface area contributed by atoms with E-state index in [1.54, 1.807) is 0 Å². The number of benzene rings is 1. The number of carbonyl (C=O) groups is 1. The lowest BCUT2D eigenvalue weighted by Crippen LogP contribution is -2.39. The summed E-state index contributed by atoms with van der Waals surface area (Å²) in [7, 11) is 0. The van der Waals surface area contributed by atoms with Crippen molar-refractivity contribution in [1.82, 2.24) is 10.2 Å². The average Bonchev–Trinajstić information content (AvgIpc) is 3.06. The van der Waals surface area contributed by atoms with Gasteiger partial charge < -0.3 is 5.32 Å². The first-order valence-corrected chi connectivity index (χ1v) is 8.33. The number of hydrogen-bond donors (Lipinski definition) is 1. The molecule has 21 heavy (non-hydrogen) atoms. The van der Waals surface area contributed by atoms with Gasteiger partial charge in [-0.15, -0.1) is 0 Å². The molecule has 0 radical (unpaired) electrons. The van der Waals surface area contributed by atoms with Crippen molar-refractivity contribution in [3.8, 4) is 0 Å². The molecule has 1 atom stereocenters. The molecule has 0 bridgehead atoms. The highest BCUT2D eigenvalue weighted by atomic mass is 16.1. The first kappa shape index (κ1) is 16.0. The van der Waals surface area contributed by atoms with Gasteiger partial charge in [-0.3, -0.25) is 9.69 Å². The molecule has 2 rings (SSSR count). The maximum atomic E-state index is 12.3. The summed E-state index contributed by atoms with van der Waals surface area (Å²) >= 11 is 0. The van der Waals surface area contributed by atoms with E-state index < -0.39 is 0 Å². The van der Waals surface area contributed by atoms with Crippen LogP contribution in [0.3, 0.4) is 0 Å². The van der Waals surface area contributed by atoms with Crippen LogP contribution in [0.5, 0.6) is 0 Å². The van der Waals surface area contributed by atoms with E-state index in [1.165, 1.54) is 18.4 Å². The number of amides is 1. The van der Waals surface area contributed by atoms with Crippen molar-refractivity contribution in [2.45, 2.75) is 45.6 Å². The lowest BCUT2D eigenvalue weighted by Gasteiger charge is -2.30. The topological polar surface area (TPSA) is 32.3 Å². The summed E-state index contributed by atoms with van der Waals surface area (Å²) in [4.78, 5) is 14.7. The Morgan fingerprint density at radius 2 is 1.81 bits per heavy atom. The largest absolute Gasteiger partial charge is 0.354 e. The Balaban J connectivity index is 2.00. The molecule has 1 aromatic carbocycles. The van der Waals surface area contributed by atoms with E-state index in [4.69, 9.17) is 0 Å². The first-order valence-electron chi connectivity index (χ1n) is 8.33. The molecule has 0 heterocycles. The average molecular weight is 288 g/mol. The van der Waals surface area contributed by atoms with Crippen LogP contribution in [-0.4, -0.2) is 30.4 Å². The predicted octanol–water partition coefficient (Wildman–Crippen LogP) is 3.38. The SMILES string of the molecule is CCN(CC)C(CNC(=O)C1CCCC1)c1ccccc1. The Kier molecular flexibility index (Phi) is 6.24. The number of rotatable bonds is 7. The van der Waals surface area contributed by atoms with Crippen molar-refractivity contribution in [1.29, 1.82) is 0 Å². The number of hydrogen-bond acceptors (Lipinski definition) is 2. The fourth-order valence-corrected chi connectivity index (χ4v) is 3.33. The Morgan fingerprint density at radius 1 is 1.19 bits per heavy atom. The summed E-state index contributed by atoms with van der Waals surface area (Å²) in [6.45, 7) is 7.06. The zero-order valence-electron chi connectivity index (χ0n) is 13.3. The number of carbonyl (C=O) groups excluding carboxylic acids is 1. The normalized spacial score (nSPS) is 17.1. The molecule has 0 spiro atoms. The summed E-state index contributed by atoms with van der Waals surface area (Å²) in [5, 5.41) is 3.19. The highest BCUT2D eigenvalue weighted by molar-refractivity contribution is 5.78. The summed E-state index contributed by atoms with van der Waals surface area (Å²) in [6.07, 6.45) is 4.53. The van der Waals surface area contributed by atoms with Crippen LogP contribution < -0.4 is 5.32 Å². The molecule has 116 valence electrons. The zero-order chi connectivity index (χ0) is 15.1. The molecule has 1 fully saturated rings. The van der Waals surface area contributed by atoms with Gasteiger partial charge in [0.1, 0.15) is 0 Å². The van der Waals surface area contributed by atoms with Crippen LogP contribution in [0, 0.1) is 5.92 Å². The van der Waals surface area contributed by atoms with Gasteiger partial charge in [0.2, 0.25) is 5.91 Å². The maximum absolute atomic E-state index is 12.3. The summed E-state index contributed by atoms with van der Waals surface area (Å²) < 4.78 is 0. The summed E-state index contributed by atoms with van der Waals surface area (Å²) in [5.41, 5.74) is 1.29.